The summed E-state index contributed by atoms with van der Waals surface area (Å²) < 4.78 is 14.1. The molecule has 0 N–H and O–H groups in total. The van der Waals surface area contributed by atoms with E-state index in [4.69, 9.17) is 0 Å². The van der Waals surface area contributed by atoms with Crippen LogP contribution in [0, 0.1) is 11.7 Å². The van der Waals surface area contributed by atoms with Gasteiger partial charge in [0.05, 0.1) is 5.92 Å². The number of thiophene rings is 1. The molecule has 0 saturated carbocycles. The van der Waals surface area contributed by atoms with Crippen LogP contribution in [0.5, 0.6) is 0 Å². The summed E-state index contributed by atoms with van der Waals surface area (Å²) in [7, 11) is 0. The third-order valence-electron chi connectivity index (χ3n) is 6.45. The summed E-state index contributed by atoms with van der Waals surface area (Å²) in [6, 6.07) is 11.0. The van der Waals surface area contributed by atoms with Gasteiger partial charge in [-0.05, 0) is 37.5 Å². The minimum atomic E-state index is -0.189. The normalized spacial score (nSPS) is 19.9. The molecule has 2 aromatic rings. The number of rotatable bonds is 6. The molecular weight excluding hydrogens is 425 g/mol. The Morgan fingerprint density at radius 3 is 2.56 bits per heavy atom. The topological polar surface area (TPSA) is 43.9 Å². The van der Waals surface area contributed by atoms with Gasteiger partial charge in [0, 0.05) is 67.6 Å². The minimum absolute atomic E-state index is 0.0586. The Kier molecular flexibility index (Phi) is 7.58. The molecule has 0 bridgehead atoms. The van der Waals surface area contributed by atoms with E-state index in [-0.39, 0.29) is 23.5 Å². The van der Waals surface area contributed by atoms with E-state index in [0.717, 1.165) is 63.4 Å². The van der Waals surface area contributed by atoms with Crippen LogP contribution in [0.25, 0.3) is 10.4 Å². The van der Waals surface area contributed by atoms with E-state index >= 15 is 0 Å². The highest BCUT2D eigenvalue weighted by Crippen LogP contribution is 2.31. The Bertz CT molecular complexity index is 939. The van der Waals surface area contributed by atoms with Gasteiger partial charge >= 0.3 is 0 Å². The lowest BCUT2D eigenvalue weighted by Crippen LogP contribution is -2.52. The second-order valence-corrected chi connectivity index (χ2v) is 9.94. The largest absolute Gasteiger partial charge is 0.342 e. The molecule has 1 unspecified atom stereocenters. The molecule has 5 nitrogen and oxygen atoms in total. The summed E-state index contributed by atoms with van der Waals surface area (Å²) >= 11 is 1.63. The number of nitrogens with zero attached hydrogens (tertiary/aromatic N) is 3. The number of hydrogen-bond acceptors (Lipinski definition) is 4. The lowest BCUT2D eigenvalue weighted by Gasteiger charge is -2.39. The second kappa shape index (κ2) is 10.6. The first-order valence-electron chi connectivity index (χ1n) is 11.7. The van der Waals surface area contributed by atoms with Crippen LogP contribution in [0.15, 0.2) is 36.4 Å². The number of hydrogen-bond donors (Lipinski definition) is 0. The fourth-order valence-corrected chi connectivity index (χ4v) is 5.73. The molecule has 0 radical (unpaired) electrons. The van der Waals surface area contributed by atoms with Gasteiger partial charge < -0.3 is 9.80 Å². The molecule has 2 fully saturated rings. The van der Waals surface area contributed by atoms with Crippen LogP contribution in [0.3, 0.4) is 0 Å². The lowest BCUT2D eigenvalue weighted by molar-refractivity contribution is -0.142. The van der Waals surface area contributed by atoms with E-state index in [9.17, 15) is 14.0 Å². The first kappa shape index (κ1) is 22.9. The molecule has 3 heterocycles. The van der Waals surface area contributed by atoms with Gasteiger partial charge in [0.25, 0.3) is 0 Å². The second-order valence-electron chi connectivity index (χ2n) is 8.78. The highest BCUT2D eigenvalue weighted by atomic mass is 32.1. The predicted molar refractivity (Wildman–Crippen MR) is 126 cm³/mol. The number of amides is 2. The van der Waals surface area contributed by atoms with Crippen LogP contribution in [-0.4, -0.2) is 65.8 Å². The van der Waals surface area contributed by atoms with Crippen molar-refractivity contribution in [3.05, 3.63) is 47.1 Å². The molecule has 4 rings (SSSR count). The molecule has 1 aromatic carbocycles. The van der Waals surface area contributed by atoms with E-state index in [1.807, 2.05) is 34.9 Å². The van der Waals surface area contributed by atoms with Crippen molar-refractivity contribution in [2.24, 2.45) is 5.92 Å². The van der Waals surface area contributed by atoms with Crippen molar-refractivity contribution in [3.8, 4) is 10.4 Å². The zero-order chi connectivity index (χ0) is 22.5. The molecule has 0 aliphatic carbocycles. The first-order valence-corrected chi connectivity index (χ1v) is 12.5. The highest BCUT2D eigenvalue weighted by molar-refractivity contribution is 7.15. The molecule has 2 aliphatic rings. The number of carbonyl (C=O) groups is 2. The van der Waals surface area contributed by atoms with Crippen molar-refractivity contribution in [1.29, 1.82) is 0 Å². The molecule has 2 saturated heterocycles. The van der Waals surface area contributed by atoms with Gasteiger partial charge in [-0.3, -0.25) is 14.5 Å². The van der Waals surface area contributed by atoms with Gasteiger partial charge in [-0.15, -0.1) is 11.3 Å². The molecule has 1 atom stereocenters. The van der Waals surface area contributed by atoms with Crippen LogP contribution in [0.1, 0.15) is 37.5 Å². The van der Waals surface area contributed by atoms with E-state index in [2.05, 4.69) is 11.0 Å². The summed E-state index contributed by atoms with van der Waals surface area (Å²) in [6.07, 6.45) is 3.21. The van der Waals surface area contributed by atoms with Gasteiger partial charge in [0.2, 0.25) is 11.8 Å². The van der Waals surface area contributed by atoms with Crippen LogP contribution < -0.4 is 0 Å². The number of likely N-dealkylation sites (tertiary alicyclic amines) is 1. The SMILES string of the molecule is CCCC(=O)N1CCCC(C(=O)N2CCN(Cc3ccc(-c4ccccc4F)s3)CC2)C1. The van der Waals surface area contributed by atoms with Crippen molar-refractivity contribution in [2.75, 3.05) is 39.3 Å². The Labute approximate surface area is 193 Å². The third-order valence-corrected chi connectivity index (χ3v) is 7.55. The summed E-state index contributed by atoms with van der Waals surface area (Å²) in [5.74, 6) is 0.138. The maximum absolute atomic E-state index is 14.1. The molecule has 0 spiro atoms. The number of piperazine rings is 1. The zero-order valence-corrected chi connectivity index (χ0v) is 19.6. The summed E-state index contributed by atoms with van der Waals surface area (Å²) in [6.45, 7) is 7.32. The number of piperidine rings is 1. The Morgan fingerprint density at radius 1 is 1.03 bits per heavy atom. The number of benzene rings is 1. The summed E-state index contributed by atoms with van der Waals surface area (Å²) in [5, 5.41) is 0. The van der Waals surface area contributed by atoms with E-state index in [1.165, 1.54) is 10.9 Å². The van der Waals surface area contributed by atoms with Crippen LogP contribution in [-0.2, 0) is 16.1 Å². The van der Waals surface area contributed by atoms with Crippen molar-refractivity contribution in [1.82, 2.24) is 14.7 Å². The molecule has 2 aliphatic heterocycles. The maximum Gasteiger partial charge on any atom is 0.227 e. The fourth-order valence-electron chi connectivity index (χ4n) is 4.65. The molecule has 2 amide bonds. The van der Waals surface area contributed by atoms with Crippen molar-refractivity contribution < 1.29 is 14.0 Å². The number of halogens is 1. The molecule has 7 heteroatoms. The highest BCUT2D eigenvalue weighted by Gasteiger charge is 2.32. The monoisotopic (exact) mass is 457 g/mol. The van der Waals surface area contributed by atoms with Crippen LogP contribution in [0.2, 0.25) is 0 Å². The molecule has 32 heavy (non-hydrogen) atoms. The zero-order valence-electron chi connectivity index (χ0n) is 18.8. The van der Waals surface area contributed by atoms with Crippen LogP contribution in [0.4, 0.5) is 4.39 Å². The summed E-state index contributed by atoms with van der Waals surface area (Å²) in [5.41, 5.74) is 0.651. The Morgan fingerprint density at radius 2 is 1.81 bits per heavy atom. The minimum Gasteiger partial charge on any atom is -0.342 e. The van der Waals surface area contributed by atoms with Crippen molar-refractivity contribution in [3.63, 3.8) is 0 Å². The predicted octanol–water partition coefficient (Wildman–Crippen LogP) is 4.24. The summed E-state index contributed by atoms with van der Waals surface area (Å²) in [4.78, 5) is 33.7. The van der Waals surface area contributed by atoms with Gasteiger partial charge in [0.15, 0.2) is 0 Å². The standard InChI is InChI=1S/C25H32FN3O2S/c1-2-6-24(30)29-12-5-7-19(17-29)25(31)28-15-13-27(14-16-28)18-20-10-11-23(32-20)21-8-3-4-9-22(21)26/h3-4,8-11,19H,2,5-7,12-18H2,1H3. The van der Waals surface area contributed by atoms with Gasteiger partial charge in [-0.25, -0.2) is 4.39 Å². The van der Waals surface area contributed by atoms with E-state index in [0.29, 0.717) is 18.5 Å². The fraction of sp³-hybridized carbons (Fsp3) is 0.520. The van der Waals surface area contributed by atoms with Crippen LogP contribution >= 0.6 is 11.3 Å². The maximum atomic E-state index is 14.1. The van der Waals surface area contributed by atoms with E-state index in [1.54, 1.807) is 17.4 Å². The van der Waals surface area contributed by atoms with Crippen molar-refractivity contribution in [2.45, 2.75) is 39.2 Å². The van der Waals surface area contributed by atoms with Gasteiger partial charge in [-0.2, -0.15) is 0 Å². The average Bonchev–Trinajstić information content (AvgIpc) is 3.28. The Hall–Kier alpha value is -2.25. The smallest absolute Gasteiger partial charge is 0.227 e. The third kappa shape index (κ3) is 5.38. The molecule has 172 valence electrons. The Balaban J connectivity index is 1.28. The molecular formula is C25H32FN3O2S. The lowest BCUT2D eigenvalue weighted by atomic mass is 9.95. The van der Waals surface area contributed by atoms with Crippen molar-refractivity contribution >= 4 is 23.2 Å². The quantitative estimate of drug-likeness (QED) is 0.652. The van der Waals surface area contributed by atoms with E-state index < -0.39 is 0 Å². The van der Waals surface area contributed by atoms with Gasteiger partial charge in [0.1, 0.15) is 5.82 Å². The number of carbonyl (C=O) groups excluding carboxylic acids is 2. The first-order chi connectivity index (χ1) is 15.5. The van der Waals surface area contributed by atoms with Gasteiger partial charge in [-0.1, -0.05) is 25.1 Å². The molecule has 1 aromatic heterocycles. The average molecular weight is 458 g/mol.